The Morgan fingerprint density at radius 2 is 1.01 bits per heavy atom. The molecule has 0 unspecified atom stereocenters. The molecule has 0 saturated carbocycles. The highest BCUT2D eigenvalue weighted by Crippen LogP contribution is 2.41. The molecule has 3 heterocycles. The number of fused-ring (bicyclic) bond motifs is 1. The summed E-state index contributed by atoms with van der Waals surface area (Å²) in [5, 5.41) is 0.749. The Kier molecular flexibility index (Phi) is 18.5. The lowest BCUT2D eigenvalue weighted by molar-refractivity contribution is -0.389. The smallest absolute Gasteiger partial charge is 0.187 e. The third-order valence-electron chi connectivity index (χ3n) is 12.4. The summed E-state index contributed by atoms with van der Waals surface area (Å²) in [5.41, 5.74) is 6.77. The fraction of sp³-hybridized carbons (Fsp3) is 0.368. The van der Waals surface area contributed by atoms with Gasteiger partial charge in [0.15, 0.2) is 12.6 Å². The van der Waals surface area contributed by atoms with Crippen LogP contribution in [0.5, 0.6) is 0 Å². The van der Waals surface area contributed by atoms with E-state index in [0.717, 1.165) is 44.5 Å². The second kappa shape index (κ2) is 25.7. The Morgan fingerprint density at radius 1 is 0.507 bits per heavy atom. The highest BCUT2D eigenvalue weighted by Gasteiger charge is 2.55. The lowest BCUT2D eigenvalue weighted by Gasteiger charge is -2.51. The lowest BCUT2D eigenvalue weighted by Crippen LogP contribution is -2.66. The van der Waals surface area contributed by atoms with Crippen LogP contribution in [0.15, 0.2) is 176 Å². The first-order valence-corrected chi connectivity index (χ1v) is 26.0. The van der Waals surface area contributed by atoms with Gasteiger partial charge in [0, 0.05) is 10.9 Å². The van der Waals surface area contributed by atoms with E-state index < -0.39 is 66.8 Å². The van der Waals surface area contributed by atoms with Gasteiger partial charge in [-0.25, -0.2) is 0 Å². The van der Waals surface area contributed by atoms with E-state index in [1.54, 1.807) is 11.8 Å². The number of ether oxygens (including phenoxy) is 10. The number of benzene rings is 6. The van der Waals surface area contributed by atoms with Crippen LogP contribution in [-0.4, -0.2) is 79.5 Å². The van der Waals surface area contributed by atoms with E-state index in [2.05, 4.69) is 83.5 Å². The molecular formula is C57H61BrO10S. The van der Waals surface area contributed by atoms with Crippen molar-refractivity contribution in [2.45, 2.75) is 112 Å². The van der Waals surface area contributed by atoms with Gasteiger partial charge in [0.2, 0.25) is 0 Å². The first-order valence-electron chi connectivity index (χ1n) is 23.9. The maximum atomic E-state index is 7.47. The molecule has 6 aromatic rings. The van der Waals surface area contributed by atoms with Crippen LogP contribution in [0.2, 0.25) is 0 Å². The van der Waals surface area contributed by atoms with Gasteiger partial charge in [-0.15, -0.1) is 11.8 Å². The van der Waals surface area contributed by atoms with Crippen molar-refractivity contribution in [1.29, 1.82) is 0 Å². The lowest BCUT2D eigenvalue weighted by atomic mass is 9.95. The van der Waals surface area contributed by atoms with Gasteiger partial charge in [-0.3, -0.25) is 0 Å². The zero-order chi connectivity index (χ0) is 47.0. The molecule has 0 radical (unpaired) electrons. The molecule has 0 amide bonds. The van der Waals surface area contributed by atoms with E-state index in [-0.39, 0.29) is 19.8 Å². The summed E-state index contributed by atoms with van der Waals surface area (Å²) < 4.78 is 69.7. The SMILES string of the molecule is CCS[C@@H]1O[C@H](COCc2cccc(CBr)c2)[C@@H](O[C@H]2O[C@@H]3CO[C@@H](c4ccccc4)O[C@H]3[C@H](OCc3ccccc3)[C@H]2OCc2ccccc2)[C@H](OCc2ccccc2)[C@H]1OCc1ccccc1. The largest absolute Gasteiger partial charge is 0.374 e. The predicted octanol–water partition coefficient (Wildman–Crippen LogP) is 11.1. The maximum Gasteiger partial charge on any atom is 0.187 e. The molecule has 11 atom stereocenters. The third-order valence-corrected chi connectivity index (χ3v) is 14.1. The van der Waals surface area contributed by atoms with Crippen molar-refractivity contribution < 1.29 is 47.4 Å². The molecule has 12 heteroatoms. The molecule has 3 aliphatic heterocycles. The monoisotopic (exact) mass is 1020 g/mol. The number of rotatable bonds is 22. The van der Waals surface area contributed by atoms with Crippen molar-refractivity contribution in [3.63, 3.8) is 0 Å². The molecule has 3 aliphatic rings. The van der Waals surface area contributed by atoms with Gasteiger partial charge in [0.25, 0.3) is 0 Å². The first-order chi connectivity index (χ1) is 34.1. The number of hydrogen-bond donors (Lipinski definition) is 0. The minimum Gasteiger partial charge on any atom is -0.374 e. The van der Waals surface area contributed by atoms with Gasteiger partial charge in [-0.1, -0.05) is 199 Å². The molecule has 3 fully saturated rings. The van der Waals surface area contributed by atoms with Crippen LogP contribution in [0.3, 0.4) is 0 Å². The summed E-state index contributed by atoms with van der Waals surface area (Å²) >= 11 is 5.29. The maximum absolute atomic E-state index is 7.47. The van der Waals surface area contributed by atoms with Crippen LogP contribution in [0.1, 0.15) is 52.2 Å². The summed E-state index contributed by atoms with van der Waals surface area (Å²) in [5.74, 6) is 0.786. The van der Waals surface area contributed by atoms with Crippen molar-refractivity contribution in [2.75, 3.05) is 19.0 Å². The van der Waals surface area contributed by atoms with E-state index in [9.17, 15) is 0 Å². The minimum absolute atomic E-state index is 0.202. The Labute approximate surface area is 418 Å². The van der Waals surface area contributed by atoms with Gasteiger partial charge >= 0.3 is 0 Å². The van der Waals surface area contributed by atoms with Crippen molar-refractivity contribution in [2.24, 2.45) is 0 Å². The van der Waals surface area contributed by atoms with E-state index in [1.165, 1.54) is 5.56 Å². The molecule has 0 aliphatic carbocycles. The van der Waals surface area contributed by atoms with E-state index in [4.69, 9.17) is 47.4 Å². The zero-order valence-electron chi connectivity index (χ0n) is 38.8. The average molecular weight is 1020 g/mol. The molecule has 9 rings (SSSR count). The average Bonchev–Trinajstić information content (AvgIpc) is 3.41. The van der Waals surface area contributed by atoms with Crippen molar-refractivity contribution in [3.8, 4) is 0 Å². The standard InChI is InChI=1S/C57H61BrO10S/c1-2-69-57-54(63-37-43-25-14-6-15-26-43)52(61-35-41-21-10-4-11-22-41)49(47(66-57)38-59-33-45-28-18-27-44(31-45)32-58)68-56-53(62-36-42-23-12-5-13-24-42)51(60-34-40-19-8-3-9-20-40)50-48(65-56)39-64-55(67-50)46-29-16-7-17-30-46/h3-31,47-57H,2,32-39H2,1H3/t47-,48-,49-,50-,51+,52+,53-,54-,55-,56-,57+/m1/s1. The zero-order valence-corrected chi connectivity index (χ0v) is 41.2. The molecule has 3 saturated heterocycles. The number of alkyl halides is 1. The molecule has 0 bridgehead atoms. The van der Waals surface area contributed by atoms with Gasteiger partial charge in [0.1, 0.15) is 54.3 Å². The molecular weight excluding hydrogens is 957 g/mol. The Bertz CT molecular complexity index is 2390. The van der Waals surface area contributed by atoms with Gasteiger partial charge < -0.3 is 47.4 Å². The number of thioether (sulfide) groups is 1. The molecule has 69 heavy (non-hydrogen) atoms. The Morgan fingerprint density at radius 3 is 1.58 bits per heavy atom. The van der Waals surface area contributed by atoms with Crippen molar-refractivity contribution in [3.05, 3.63) is 215 Å². The molecule has 0 spiro atoms. The normalized spacial score (nSPS) is 26.8. The van der Waals surface area contributed by atoms with E-state index in [0.29, 0.717) is 26.4 Å². The number of hydrogen-bond acceptors (Lipinski definition) is 11. The predicted molar refractivity (Wildman–Crippen MR) is 269 cm³/mol. The van der Waals surface area contributed by atoms with Gasteiger partial charge in [-0.2, -0.15) is 0 Å². The van der Waals surface area contributed by atoms with Crippen LogP contribution in [0, 0.1) is 0 Å². The van der Waals surface area contributed by atoms with Gasteiger partial charge in [0.05, 0.1) is 46.2 Å². The summed E-state index contributed by atoms with van der Waals surface area (Å²) in [6.45, 7) is 4.16. The second-order valence-corrected chi connectivity index (χ2v) is 19.3. The molecule has 0 aromatic heterocycles. The Hall–Kier alpha value is -4.25. The molecule has 362 valence electrons. The van der Waals surface area contributed by atoms with Crippen LogP contribution in [0.25, 0.3) is 0 Å². The Balaban J connectivity index is 1.09. The molecule has 10 nitrogen and oxygen atoms in total. The third kappa shape index (κ3) is 13.6. The quantitative estimate of drug-likeness (QED) is 0.0609. The molecule has 6 aromatic carbocycles. The minimum atomic E-state index is -1.00. The van der Waals surface area contributed by atoms with Crippen LogP contribution in [0.4, 0.5) is 0 Å². The van der Waals surface area contributed by atoms with Crippen molar-refractivity contribution >= 4 is 27.7 Å². The van der Waals surface area contributed by atoms with Crippen molar-refractivity contribution in [1.82, 2.24) is 0 Å². The highest BCUT2D eigenvalue weighted by molar-refractivity contribution is 9.08. The second-order valence-electron chi connectivity index (χ2n) is 17.3. The first kappa shape index (κ1) is 49.7. The summed E-state index contributed by atoms with van der Waals surface area (Å²) in [7, 11) is 0. The number of halogens is 1. The van der Waals surface area contributed by atoms with E-state index in [1.807, 2.05) is 115 Å². The summed E-state index contributed by atoms with van der Waals surface area (Å²) in [6, 6.07) is 58.9. The fourth-order valence-corrected chi connectivity index (χ4v) is 10.3. The van der Waals surface area contributed by atoms with E-state index >= 15 is 0 Å². The highest BCUT2D eigenvalue weighted by atomic mass is 79.9. The van der Waals surface area contributed by atoms with Crippen LogP contribution in [-0.2, 0) is 85.7 Å². The fourth-order valence-electron chi connectivity index (χ4n) is 8.96. The summed E-state index contributed by atoms with van der Waals surface area (Å²) in [6.07, 6.45) is -6.87. The summed E-state index contributed by atoms with van der Waals surface area (Å²) in [4.78, 5) is 0. The van der Waals surface area contributed by atoms with Gasteiger partial charge in [-0.05, 0) is 39.1 Å². The topological polar surface area (TPSA) is 92.3 Å². The molecule has 0 N–H and O–H groups in total. The van der Waals surface area contributed by atoms with Crippen LogP contribution >= 0.6 is 27.7 Å². The van der Waals surface area contributed by atoms with Crippen LogP contribution < -0.4 is 0 Å².